The molecule has 0 amide bonds. The summed E-state index contributed by atoms with van der Waals surface area (Å²) >= 11 is 0. The van der Waals surface area contributed by atoms with Crippen LogP contribution in [0.3, 0.4) is 0 Å². The molecular weight excluding hydrogens is 340 g/mol. The molecule has 0 radical (unpaired) electrons. The van der Waals surface area contributed by atoms with Crippen LogP contribution in [-0.4, -0.2) is 25.8 Å². The van der Waals surface area contributed by atoms with E-state index >= 15 is 0 Å². The van der Waals surface area contributed by atoms with Crippen molar-refractivity contribution in [1.29, 1.82) is 0 Å². The van der Waals surface area contributed by atoms with Gasteiger partial charge in [-0.15, -0.1) is 0 Å². The normalized spacial score (nSPS) is 12.1. The zero-order valence-corrected chi connectivity index (χ0v) is 17.5. The molecule has 0 N–H and O–H groups in total. The van der Waals surface area contributed by atoms with Gasteiger partial charge >= 0.3 is 0 Å². The molecule has 0 fully saturated rings. The summed E-state index contributed by atoms with van der Waals surface area (Å²) in [5, 5.41) is 0. The van der Waals surface area contributed by atoms with Crippen LogP contribution in [0.15, 0.2) is 35.4 Å². The molecule has 1 aromatic rings. The first-order valence-corrected chi connectivity index (χ1v) is 9.33. The van der Waals surface area contributed by atoms with Crippen LogP contribution in [0.5, 0.6) is 11.5 Å². The number of ether oxygens (including phenoxy) is 2. The van der Waals surface area contributed by atoms with Gasteiger partial charge in [0.2, 0.25) is 0 Å². The first-order valence-electron chi connectivity index (χ1n) is 9.33. The minimum Gasteiger partial charge on any atom is -0.497 e. The zero-order valence-electron chi connectivity index (χ0n) is 17.5. The van der Waals surface area contributed by atoms with Gasteiger partial charge in [0, 0.05) is 18.4 Å². The minimum atomic E-state index is 0.0952. The van der Waals surface area contributed by atoms with Crippen LogP contribution in [0.25, 0.3) is 0 Å². The van der Waals surface area contributed by atoms with Gasteiger partial charge in [-0.05, 0) is 70.7 Å². The topological polar surface area (TPSA) is 52.6 Å². The average Bonchev–Trinajstić information content (AvgIpc) is 2.58. The van der Waals surface area contributed by atoms with Gasteiger partial charge in [0.05, 0.1) is 14.2 Å². The predicted octanol–water partition coefficient (Wildman–Crippen LogP) is 5.17. The lowest BCUT2D eigenvalue weighted by molar-refractivity contribution is -0.117. The standard InChI is InChI=1S/C23H32O4/c1-16(8-7-9-19(4)24)12-21(25)13-17(2)10-11-20-15-22(26-5)14-18(3)23(20)27-6/h10,12,14-15H,7-9,11,13H2,1-6H3/b16-12-,17-10+. The van der Waals surface area contributed by atoms with Crippen LogP contribution in [0.2, 0.25) is 0 Å². The van der Waals surface area contributed by atoms with Crippen LogP contribution in [-0.2, 0) is 16.0 Å². The number of benzene rings is 1. The van der Waals surface area contributed by atoms with Gasteiger partial charge in [0.25, 0.3) is 0 Å². The lowest BCUT2D eigenvalue weighted by atomic mass is 10.0. The molecule has 0 saturated carbocycles. The maximum Gasteiger partial charge on any atom is 0.159 e. The molecule has 0 heterocycles. The molecule has 0 atom stereocenters. The molecule has 0 aromatic heterocycles. The summed E-state index contributed by atoms with van der Waals surface area (Å²) in [4.78, 5) is 23.2. The number of rotatable bonds is 11. The number of hydrogen-bond donors (Lipinski definition) is 0. The Hall–Kier alpha value is -2.36. The van der Waals surface area contributed by atoms with E-state index in [4.69, 9.17) is 9.47 Å². The molecule has 0 unspecified atom stereocenters. The number of ketones is 2. The van der Waals surface area contributed by atoms with E-state index < -0.39 is 0 Å². The predicted molar refractivity (Wildman–Crippen MR) is 110 cm³/mol. The summed E-state index contributed by atoms with van der Waals surface area (Å²) in [5.74, 6) is 1.94. The second-order valence-electron chi connectivity index (χ2n) is 7.08. The molecular formula is C23H32O4. The van der Waals surface area contributed by atoms with Crippen molar-refractivity contribution >= 4 is 11.6 Å². The Morgan fingerprint density at radius 3 is 2.30 bits per heavy atom. The summed E-state index contributed by atoms with van der Waals surface area (Å²) in [6.07, 6.45) is 7.00. The number of allylic oxidation sites excluding steroid dienone is 4. The molecule has 0 aliphatic rings. The first-order chi connectivity index (χ1) is 12.8. The second-order valence-corrected chi connectivity index (χ2v) is 7.08. The van der Waals surface area contributed by atoms with Crippen molar-refractivity contribution in [3.63, 3.8) is 0 Å². The number of methoxy groups -OCH3 is 2. The van der Waals surface area contributed by atoms with Gasteiger partial charge in [0.15, 0.2) is 5.78 Å². The third kappa shape index (κ3) is 8.25. The summed E-state index contributed by atoms with van der Waals surface area (Å²) in [6, 6.07) is 3.92. The van der Waals surface area contributed by atoms with Gasteiger partial charge in [-0.25, -0.2) is 0 Å². The third-order valence-electron chi connectivity index (χ3n) is 4.40. The number of Topliss-reactive ketones (excluding diaryl/α,β-unsaturated/α-hetero) is 1. The highest BCUT2D eigenvalue weighted by Gasteiger charge is 2.09. The average molecular weight is 373 g/mol. The molecule has 0 bridgehead atoms. The first kappa shape index (κ1) is 22.7. The third-order valence-corrected chi connectivity index (χ3v) is 4.40. The van der Waals surface area contributed by atoms with Gasteiger partial charge in [-0.2, -0.15) is 0 Å². The Kier molecular flexibility index (Phi) is 9.55. The van der Waals surface area contributed by atoms with E-state index in [-0.39, 0.29) is 11.6 Å². The second kappa shape index (κ2) is 11.4. The van der Waals surface area contributed by atoms with Gasteiger partial charge in [-0.1, -0.05) is 17.2 Å². The Bertz CT molecular complexity index is 726. The molecule has 27 heavy (non-hydrogen) atoms. The fourth-order valence-corrected chi connectivity index (χ4v) is 3.02. The molecule has 148 valence electrons. The van der Waals surface area contributed by atoms with E-state index in [1.54, 1.807) is 27.2 Å². The van der Waals surface area contributed by atoms with Crippen LogP contribution in [0.4, 0.5) is 0 Å². The van der Waals surface area contributed by atoms with E-state index in [1.165, 1.54) is 0 Å². The zero-order chi connectivity index (χ0) is 20.4. The molecule has 1 aromatic carbocycles. The van der Waals surface area contributed by atoms with Gasteiger partial charge < -0.3 is 14.3 Å². The Morgan fingerprint density at radius 1 is 1.00 bits per heavy atom. The summed E-state index contributed by atoms with van der Waals surface area (Å²) < 4.78 is 10.8. The molecule has 1 rings (SSSR count). The maximum absolute atomic E-state index is 12.2. The van der Waals surface area contributed by atoms with Crippen molar-refractivity contribution < 1.29 is 19.1 Å². The van der Waals surface area contributed by atoms with Crippen molar-refractivity contribution in [2.45, 2.75) is 59.8 Å². The van der Waals surface area contributed by atoms with E-state index in [1.807, 2.05) is 32.9 Å². The van der Waals surface area contributed by atoms with Crippen molar-refractivity contribution in [3.8, 4) is 11.5 Å². The van der Waals surface area contributed by atoms with Crippen molar-refractivity contribution in [1.82, 2.24) is 0 Å². The van der Waals surface area contributed by atoms with Crippen molar-refractivity contribution in [2.24, 2.45) is 0 Å². The summed E-state index contributed by atoms with van der Waals surface area (Å²) in [7, 11) is 3.31. The van der Waals surface area contributed by atoms with Crippen molar-refractivity contribution in [2.75, 3.05) is 14.2 Å². The highest BCUT2D eigenvalue weighted by Crippen LogP contribution is 2.29. The SMILES string of the molecule is COc1cc(C)c(OC)c(C/C=C(\C)CC(=O)/C=C(/C)CCCC(C)=O)c1. The van der Waals surface area contributed by atoms with Crippen LogP contribution >= 0.6 is 0 Å². The van der Waals surface area contributed by atoms with E-state index in [0.717, 1.165) is 46.6 Å². The fourth-order valence-electron chi connectivity index (χ4n) is 3.02. The highest BCUT2D eigenvalue weighted by molar-refractivity contribution is 5.91. The number of carbonyl (C=O) groups is 2. The lowest BCUT2D eigenvalue weighted by Gasteiger charge is -2.12. The van der Waals surface area contributed by atoms with Crippen molar-refractivity contribution in [3.05, 3.63) is 46.6 Å². The quantitative estimate of drug-likeness (QED) is 0.397. The van der Waals surface area contributed by atoms with E-state index in [2.05, 4.69) is 6.08 Å². The number of carbonyl (C=O) groups excluding carboxylic acids is 2. The molecule has 0 spiro atoms. The largest absolute Gasteiger partial charge is 0.497 e. The highest BCUT2D eigenvalue weighted by atomic mass is 16.5. The Balaban J connectivity index is 2.71. The molecule has 0 aliphatic carbocycles. The fraction of sp³-hybridized carbons (Fsp3) is 0.478. The lowest BCUT2D eigenvalue weighted by Crippen LogP contribution is -1.98. The molecule has 0 aliphatic heterocycles. The van der Waals surface area contributed by atoms with Gasteiger partial charge in [-0.3, -0.25) is 4.79 Å². The van der Waals surface area contributed by atoms with Crippen LogP contribution < -0.4 is 9.47 Å². The van der Waals surface area contributed by atoms with Crippen LogP contribution in [0.1, 0.15) is 57.6 Å². The smallest absolute Gasteiger partial charge is 0.159 e. The Morgan fingerprint density at radius 2 is 1.70 bits per heavy atom. The monoisotopic (exact) mass is 372 g/mol. The number of aryl methyl sites for hydroxylation is 1. The number of hydrogen-bond acceptors (Lipinski definition) is 4. The molecule has 0 saturated heterocycles. The maximum atomic E-state index is 12.2. The molecule has 4 nitrogen and oxygen atoms in total. The molecule has 4 heteroatoms. The van der Waals surface area contributed by atoms with E-state index in [9.17, 15) is 9.59 Å². The summed E-state index contributed by atoms with van der Waals surface area (Å²) in [6.45, 7) is 7.50. The van der Waals surface area contributed by atoms with Gasteiger partial charge in [0.1, 0.15) is 17.3 Å². The summed E-state index contributed by atoms with van der Waals surface area (Å²) in [5.41, 5.74) is 4.12. The van der Waals surface area contributed by atoms with Crippen LogP contribution in [0, 0.1) is 6.92 Å². The minimum absolute atomic E-state index is 0.0952. The van der Waals surface area contributed by atoms with E-state index in [0.29, 0.717) is 19.3 Å². The Labute approximate surface area is 163 Å².